The van der Waals surface area contributed by atoms with Gasteiger partial charge in [0.1, 0.15) is 0 Å². The summed E-state index contributed by atoms with van der Waals surface area (Å²) in [5, 5.41) is 3.14. The van der Waals surface area contributed by atoms with Gasteiger partial charge in [-0.15, -0.1) is 0 Å². The highest BCUT2D eigenvalue weighted by Crippen LogP contribution is 2.32. The molecule has 1 aromatic rings. The van der Waals surface area contributed by atoms with Crippen LogP contribution in [0.1, 0.15) is 76.8 Å². The van der Waals surface area contributed by atoms with Crippen LogP contribution in [0.4, 0.5) is 5.69 Å². The van der Waals surface area contributed by atoms with Gasteiger partial charge in [-0.25, -0.2) is 0 Å². The van der Waals surface area contributed by atoms with Crippen molar-refractivity contribution in [3.05, 3.63) is 29.3 Å². The van der Waals surface area contributed by atoms with E-state index in [1.54, 1.807) is 0 Å². The summed E-state index contributed by atoms with van der Waals surface area (Å²) < 4.78 is 0. The molecule has 1 aromatic carbocycles. The number of amides is 1. The second-order valence-corrected chi connectivity index (χ2v) is 5.77. The van der Waals surface area contributed by atoms with Gasteiger partial charge in [0.05, 0.1) is 0 Å². The molecule has 0 atom stereocenters. The Bertz CT molecular complexity index is 395. The van der Waals surface area contributed by atoms with Crippen LogP contribution >= 0.6 is 0 Å². The third-order valence-corrected chi connectivity index (χ3v) is 3.39. The summed E-state index contributed by atoms with van der Waals surface area (Å²) in [4.78, 5) is 12.0. The van der Waals surface area contributed by atoms with E-state index in [4.69, 9.17) is 0 Å². The van der Waals surface area contributed by atoms with Crippen molar-refractivity contribution in [2.24, 2.45) is 0 Å². The molecule has 1 N–H and O–H groups in total. The van der Waals surface area contributed by atoms with Crippen molar-refractivity contribution in [2.45, 2.75) is 65.7 Å². The van der Waals surface area contributed by atoms with Crippen molar-refractivity contribution in [1.29, 1.82) is 0 Å². The zero-order chi connectivity index (χ0) is 14.4. The highest BCUT2D eigenvalue weighted by Gasteiger charge is 2.15. The van der Waals surface area contributed by atoms with Crippen LogP contribution in [0.3, 0.4) is 0 Å². The molecule has 0 aromatic heterocycles. The van der Waals surface area contributed by atoms with Crippen LogP contribution in [0, 0.1) is 0 Å². The molecule has 0 heterocycles. The summed E-state index contributed by atoms with van der Waals surface area (Å²) >= 11 is 0. The lowest BCUT2D eigenvalue weighted by molar-refractivity contribution is -0.116. The highest BCUT2D eigenvalue weighted by molar-refractivity contribution is 5.92. The molecule has 0 aliphatic carbocycles. The molecule has 0 radical (unpaired) electrons. The lowest BCUT2D eigenvalue weighted by Crippen LogP contribution is -2.15. The largest absolute Gasteiger partial charge is 0.326 e. The van der Waals surface area contributed by atoms with Crippen LogP contribution in [0.15, 0.2) is 18.2 Å². The Balaban J connectivity index is 3.04. The van der Waals surface area contributed by atoms with Gasteiger partial charge in [-0.3, -0.25) is 4.79 Å². The summed E-state index contributed by atoms with van der Waals surface area (Å²) in [6.45, 7) is 10.8. The minimum atomic E-state index is 0.136. The number of unbranched alkanes of at least 4 members (excludes halogenated alkanes) is 1. The molecule has 2 nitrogen and oxygen atoms in total. The van der Waals surface area contributed by atoms with E-state index in [1.807, 2.05) is 0 Å². The molecule has 0 unspecified atom stereocenters. The van der Waals surface area contributed by atoms with Gasteiger partial charge >= 0.3 is 0 Å². The fourth-order valence-electron chi connectivity index (χ4n) is 2.23. The van der Waals surface area contributed by atoms with Crippen LogP contribution in [-0.2, 0) is 4.79 Å². The van der Waals surface area contributed by atoms with Gasteiger partial charge in [-0.1, -0.05) is 59.2 Å². The lowest BCUT2D eigenvalue weighted by atomic mass is 9.92. The molecule has 0 saturated carbocycles. The monoisotopic (exact) mass is 261 g/mol. The molecular formula is C17H27NO. The summed E-state index contributed by atoms with van der Waals surface area (Å²) in [6, 6.07) is 6.32. The number of carbonyl (C=O) groups excluding carboxylic acids is 1. The number of carbonyl (C=O) groups is 1. The number of hydrogen-bond donors (Lipinski definition) is 1. The van der Waals surface area contributed by atoms with Crippen molar-refractivity contribution in [3.8, 4) is 0 Å². The Hall–Kier alpha value is -1.31. The maximum Gasteiger partial charge on any atom is 0.224 e. The van der Waals surface area contributed by atoms with Crippen LogP contribution in [0.2, 0.25) is 0 Å². The van der Waals surface area contributed by atoms with Gasteiger partial charge in [-0.05, 0) is 29.4 Å². The highest BCUT2D eigenvalue weighted by atomic mass is 16.1. The maximum atomic E-state index is 12.0. The summed E-state index contributed by atoms with van der Waals surface area (Å²) in [6.07, 6.45) is 2.61. The topological polar surface area (TPSA) is 29.1 Å². The van der Waals surface area contributed by atoms with Gasteiger partial charge in [0.2, 0.25) is 5.91 Å². The van der Waals surface area contributed by atoms with Crippen molar-refractivity contribution in [1.82, 2.24) is 0 Å². The minimum Gasteiger partial charge on any atom is -0.326 e. The van der Waals surface area contributed by atoms with Gasteiger partial charge in [-0.2, -0.15) is 0 Å². The Kier molecular flexibility index (Phi) is 6.07. The van der Waals surface area contributed by atoms with Gasteiger partial charge in [0.25, 0.3) is 0 Å². The number of anilines is 1. The third kappa shape index (κ3) is 4.38. The SMILES string of the molecule is CCCCC(=O)Nc1c(C(C)C)cccc1C(C)C. The average Bonchev–Trinajstić information content (AvgIpc) is 2.35. The minimum absolute atomic E-state index is 0.136. The van der Waals surface area contributed by atoms with Crippen molar-refractivity contribution in [3.63, 3.8) is 0 Å². The van der Waals surface area contributed by atoms with Gasteiger partial charge in [0.15, 0.2) is 0 Å². The molecule has 0 aliphatic rings. The molecule has 0 fully saturated rings. The van der Waals surface area contributed by atoms with Gasteiger partial charge in [0, 0.05) is 12.1 Å². The zero-order valence-electron chi connectivity index (χ0n) is 12.9. The number of benzene rings is 1. The Morgan fingerprint density at radius 3 is 2.05 bits per heavy atom. The Morgan fingerprint density at radius 1 is 1.11 bits per heavy atom. The fraction of sp³-hybridized carbons (Fsp3) is 0.588. The first kappa shape index (κ1) is 15.7. The number of rotatable bonds is 6. The summed E-state index contributed by atoms with van der Waals surface area (Å²) in [5.41, 5.74) is 3.50. The number of para-hydroxylation sites is 1. The van der Waals surface area contributed by atoms with E-state index < -0.39 is 0 Å². The van der Waals surface area contributed by atoms with E-state index in [0.29, 0.717) is 18.3 Å². The third-order valence-electron chi connectivity index (χ3n) is 3.39. The van der Waals surface area contributed by atoms with Crippen molar-refractivity contribution >= 4 is 11.6 Å². The first-order valence-corrected chi connectivity index (χ1v) is 7.40. The van der Waals surface area contributed by atoms with E-state index in [1.165, 1.54) is 11.1 Å². The molecule has 0 saturated heterocycles. The number of nitrogens with one attached hydrogen (secondary N) is 1. The van der Waals surface area contributed by atoms with Crippen LogP contribution in [0.25, 0.3) is 0 Å². The standard InChI is InChI=1S/C17H27NO/c1-6-7-11-16(19)18-17-14(12(2)3)9-8-10-15(17)13(4)5/h8-10,12-13H,6-7,11H2,1-5H3,(H,18,19). The summed E-state index contributed by atoms with van der Waals surface area (Å²) in [5.74, 6) is 0.970. The molecule has 1 amide bonds. The lowest BCUT2D eigenvalue weighted by Gasteiger charge is -2.20. The molecule has 19 heavy (non-hydrogen) atoms. The first-order chi connectivity index (χ1) is 8.97. The van der Waals surface area contributed by atoms with E-state index in [2.05, 4.69) is 58.1 Å². The van der Waals surface area contributed by atoms with Crippen molar-refractivity contribution < 1.29 is 4.79 Å². The molecule has 0 aliphatic heterocycles. The fourth-order valence-corrected chi connectivity index (χ4v) is 2.23. The molecule has 2 heteroatoms. The molecule has 106 valence electrons. The predicted molar refractivity (Wildman–Crippen MR) is 82.8 cm³/mol. The van der Waals surface area contributed by atoms with E-state index in [-0.39, 0.29) is 5.91 Å². The normalized spacial score (nSPS) is 11.1. The van der Waals surface area contributed by atoms with Crippen LogP contribution < -0.4 is 5.32 Å². The molecular weight excluding hydrogens is 234 g/mol. The smallest absolute Gasteiger partial charge is 0.224 e. The molecule has 0 bridgehead atoms. The van der Waals surface area contributed by atoms with Crippen molar-refractivity contribution in [2.75, 3.05) is 5.32 Å². The average molecular weight is 261 g/mol. The van der Waals surface area contributed by atoms with Crippen LogP contribution in [-0.4, -0.2) is 5.91 Å². The Labute approximate surface area is 117 Å². The number of hydrogen-bond acceptors (Lipinski definition) is 1. The second-order valence-electron chi connectivity index (χ2n) is 5.77. The zero-order valence-corrected chi connectivity index (χ0v) is 12.9. The van der Waals surface area contributed by atoms with E-state index in [0.717, 1.165) is 18.5 Å². The maximum absolute atomic E-state index is 12.0. The summed E-state index contributed by atoms with van der Waals surface area (Å²) in [7, 11) is 0. The first-order valence-electron chi connectivity index (χ1n) is 7.40. The predicted octanol–water partition coefficient (Wildman–Crippen LogP) is 5.06. The Morgan fingerprint density at radius 2 is 1.63 bits per heavy atom. The quantitative estimate of drug-likeness (QED) is 0.761. The van der Waals surface area contributed by atoms with E-state index in [9.17, 15) is 4.79 Å². The van der Waals surface area contributed by atoms with E-state index >= 15 is 0 Å². The van der Waals surface area contributed by atoms with Crippen LogP contribution in [0.5, 0.6) is 0 Å². The van der Waals surface area contributed by atoms with Gasteiger partial charge < -0.3 is 5.32 Å². The molecule has 0 spiro atoms. The second kappa shape index (κ2) is 7.32. The molecule has 1 rings (SSSR count).